The van der Waals surface area contributed by atoms with E-state index in [1.54, 1.807) is 17.8 Å². The average Bonchev–Trinajstić information content (AvgIpc) is 3.77. The van der Waals surface area contributed by atoms with Crippen molar-refractivity contribution < 1.29 is 23.5 Å². The first-order valence-corrected chi connectivity index (χ1v) is 17.5. The Labute approximate surface area is 279 Å². The largest absolute Gasteiger partial charge is 0.483 e. The van der Waals surface area contributed by atoms with Crippen LogP contribution in [-0.4, -0.2) is 34.6 Å². The number of hydrogen-bond acceptors (Lipinski definition) is 7. The number of anilines is 2. The molecule has 12 heteroatoms. The molecule has 2 N–H and O–H groups in total. The highest BCUT2D eigenvalue weighted by molar-refractivity contribution is 9.10. The summed E-state index contributed by atoms with van der Waals surface area (Å²) in [5.41, 5.74) is 2.92. The molecule has 4 aliphatic rings. The normalized spacial score (nSPS) is 27.4. The molecule has 2 aliphatic carbocycles. The van der Waals surface area contributed by atoms with E-state index in [-0.39, 0.29) is 52.2 Å². The molecule has 3 aromatic carbocycles. The minimum absolute atomic E-state index is 0.0114. The van der Waals surface area contributed by atoms with Gasteiger partial charge in [-0.2, -0.15) is 0 Å². The van der Waals surface area contributed by atoms with E-state index in [1.807, 2.05) is 43.3 Å². The van der Waals surface area contributed by atoms with Gasteiger partial charge in [-0.1, -0.05) is 45.0 Å². The van der Waals surface area contributed by atoms with Gasteiger partial charge in [-0.3, -0.25) is 24.1 Å². The monoisotopic (exact) mass is 719 g/mol. The summed E-state index contributed by atoms with van der Waals surface area (Å²) < 4.78 is 20.3. The van der Waals surface area contributed by atoms with Crippen molar-refractivity contribution in [3.8, 4) is 5.75 Å². The lowest BCUT2D eigenvalue weighted by molar-refractivity contribution is -0.123. The van der Waals surface area contributed by atoms with Crippen LogP contribution in [0.4, 0.5) is 15.8 Å². The Morgan fingerprint density at radius 3 is 2.48 bits per heavy atom. The maximum atomic E-state index is 14.1. The molecule has 0 radical (unpaired) electrons. The van der Waals surface area contributed by atoms with Crippen molar-refractivity contribution in [2.24, 2.45) is 29.6 Å². The maximum absolute atomic E-state index is 14.1. The van der Waals surface area contributed by atoms with Crippen LogP contribution < -0.4 is 19.8 Å². The van der Waals surface area contributed by atoms with E-state index in [4.69, 9.17) is 4.74 Å². The second kappa shape index (κ2) is 11.2. The van der Waals surface area contributed by atoms with E-state index in [1.165, 1.54) is 29.2 Å². The number of hydrogen-bond donors (Lipinski definition) is 2. The molecule has 234 valence electrons. The number of halogens is 2. The Kier molecular flexibility index (Phi) is 7.22. The number of fused-ring (bicyclic) bond motifs is 9. The lowest BCUT2D eigenvalue weighted by atomic mass is 9.68. The fourth-order valence-corrected chi connectivity index (χ4v) is 11.3. The molecular formula is C34H27BrFN3O5S2. The van der Waals surface area contributed by atoms with Crippen molar-refractivity contribution in [3.05, 3.63) is 103 Å². The molecule has 3 fully saturated rings. The molecule has 8 rings (SSSR count). The van der Waals surface area contributed by atoms with Crippen molar-refractivity contribution in [2.45, 2.75) is 29.5 Å². The van der Waals surface area contributed by atoms with Gasteiger partial charge in [-0.05, 0) is 85.7 Å². The van der Waals surface area contributed by atoms with Gasteiger partial charge in [0.05, 0.1) is 22.5 Å². The number of benzene rings is 3. The topological polar surface area (TPSA) is 109 Å². The number of carbonyl (C=O) groups is 3. The number of aromatic amines is 1. The van der Waals surface area contributed by atoms with Crippen LogP contribution in [0.5, 0.6) is 5.75 Å². The molecule has 3 heterocycles. The minimum atomic E-state index is -0.432. The van der Waals surface area contributed by atoms with Crippen molar-refractivity contribution in [1.82, 2.24) is 4.98 Å². The predicted molar refractivity (Wildman–Crippen MR) is 177 cm³/mol. The lowest BCUT2D eigenvalue weighted by Crippen LogP contribution is -2.42. The minimum Gasteiger partial charge on any atom is -0.483 e. The number of nitrogens with one attached hydrogen (secondary N) is 2. The molecule has 7 atom stereocenters. The van der Waals surface area contributed by atoms with Gasteiger partial charge in [-0.15, -0.1) is 11.8 Å². The van der Waals surface area contributed by atoms with Crippen LogP contribution in [0.25, 0.3) is 0 Å². The zero-order valence-corrected chi connectivity index (χ0v) is 27.6. The summed E-state index contributed by atoms with van der Waals surface area (Å²) in [4.78, 5) is 58.6. The number of aryl methyl sites for hydroxylation is 1. The summed E-state index contributed by atoms with van der Waals surface area (Å²) >= 11 is 6.39. The van der Waals surface area contributed by atoms with E-state index in [0.717, 1.165) is 43.3 Å². The number of imide groups is 1. The third-order valence-electron chi connectivity index (χ3n) is 9.81. The lowest BCUT2D eigenvalue weighted by Gasteiger charge is -2.43. The summed E-state index contributed by atoms with van der Waals surface area (Å²) in [5.74, 6) is -1.82. The summed E-state index contributed by atoms with van der Waals surface area (Å²) in [6.07, 6.45) is 0.761. The third-order valence-corrected chi connectivity index (χ3v) is 12.9. The molecule has 0 unspecified atom stereocenters. The molecule has 1 saturated heterocycles. The van der Waals surface area contributed by atoms with Gasteiger partial charge in [0.15, 0.2) is 6.61 Å². The fourth-order valence-electron chi connectivity index (χ4n) is 8.08. The van der Waals surface area contributed by atoms with Crippen LogP contribution in [0, 0.1) is 42.3 Å². The predicted octanol–water partition coefficient (Wildman–Crippen LogP) is 6.34. The second-order valence-electron chi connectivity index (χ2n) is 12.3. The fraction of sp³-hybridized carbons (Fsp3) is 0.294. The Morgan fingerprint density at radius 1 is 1.02 bits per heavy atom. The highest BCUT2D eigenvalue weighted by atomic mass is 79.9. The number of nitrogens with zero attached hydrogens (tertiary/aromatic N) is 1. The van der Waals surface area contributed by atoms with Crippen molar-refractivity contribution in [2.75, 3.05) is 16.8 Å². The smallest absolute Gasteiger partial charge is 0.305 e. The van der Waals surface area contributed by atoms with E-state index >= 15 is 0 Å². The molecule has 2 aliphatic heterocycles. The van der Waals surface area contributed by atoms with Crippen molar-refractivity contribution in [1.29, 1.82) is 0 Å². The van der Waals surface area contributed by atoms with Gasteiger partial charge in [0.2, 0.25) is 11.8 Å². The number of thiazole rings is 1. The first-order chi connectivity index (χ1) is 22.2. The summed E-state index contributed by atoms with van der Waals surface area (Å²) in [6, 6.07) is 18.6. The van der Waals surface area contributed by atoms with Crippen LogP contribution in [0.1, 0.15) is 28.3 Å². The zero-order valence-electron chi connectivity index (χ0n) is 24.4. The number of rotatable bonds is 6. The first kappa shape index (κ1) is 29.6. The van der Waals surface area contributed by atoms with Crippen LogP contribution in [0.15, 0.2) is 81.0 Å². The number of thioether (sulfide) groups is 1. The quantitative estimate of drug-likeness (QED) is 0.225. The van der Waals surface area contributed by atoms with Gasteiger partial charge in [0.25, 0.3) is 5.91 Å². The molecule has 1 aromatic heterocycles. The number of carbonyl (C=O) groups excluding carboxylic acids is 3. The highest BCUT2D eigenvalue weighted by Gasteiger charge is 2.69. The number of ether oxygens (including phenoxy) is 1. The van der Waals surface area contributed by atoms with E-state index < -0.39 is 23.6 Å². The average molecular weight is 721 g/mol. The molecule has 2 saturated carbocycles. The Bertz CT molecular complexity index is 1960. The Morgan fingerprint density at radius 2 is 1.74 bits per heavy atom. The third kappa shape index (κ3) is 4.75. The standard InChI is InChI=1S/C34H27BrFN3O5S2/c1-15-2-9-19(10-3-15)39-32(41)27-21-13-22(28(27)33(39)42)29-26(21)25(30-31(45-29)38-34(43)46-30)20-12-16(35)4-11-23(20)44-14-24(40)37-18-7-5-17(36)6-8-18/h2-12,21-22,25-29H,13-14H2,1H3,(H,37,40)(H,38,43)/t21-,22-,25+,26-,27+,28+,29-/m1/s1. The molecule has 8 nitrogen and oxygen atoms in total. The molecule has 0 spiro atoms. The molecule has 2 bridgehead atoms. The first-order valence-electron chi connectivity index (χ1n) is 15.0. The number of aromatic nitrogens is 1. The molecule has 46 heavy (non-hydrogen) atoms. The van der Waals surface area contributed by atoms with E-state index in [2.05, 4.69) is 26.2 Å². The number of H-pyrrole nitrogens is 1. The summed E-state index contributed by atoms with van der Waals surface area (Å²) in [7, 11) is 0. The van der Waals surface area contributed by atoms with Crippen LogP contribution in [0.3, 0.4) is 0 Å². The van der Waals surface area contributed by atoms with E-state index in [9.17, 15) is 23.6 Å². The van der Waals surface area contributed by atoms with Gasteiger partial charge in [-0.25, -0.2) is 4.39 Å². The second-order valence-corrected chi connectivity index (χ2v) is 15.5. The van der Waals surface area contributed by atoms with E-state index in [0.29, 0.717) is 17.1 Å². The zero-order chi connectivity index (χ0) is 31.9. The van der Waals surface area contributed by atoms with Crippen molar-refractivity contribution >= 4 is 68.1 Å². The van der Waals surface area contributed by atoms with Gasteiger partial charge >= 0.3 is 4.87 Å². The van der Waals surface area contributed by atoms with Crippen LogP contribution in [0.2, 0.25) is 0 Å². The summed E-state index contributed by atoms with van der Waals surface area (Å²) in [5, 5.41) is 3.52. The van der Waals surface area contributed by atoms with Crippen LogP contribution >= 0.6 is 39.0 Å². The maximum Gasteiger partial charge on any atom is 0.305 e. The van der Waals surface area contributed by atoms with Crippen LogP contribution in [-0.2, 0) is 14.4 Å². The summed E-state index contributed by atoms with van der Waals surface area (Å²) in [6.45, 7) is 1.68. The Hall–Kier alpha value is -3.74. The van der Waals surface area contributed by atoms with Crippen molar-refractivity contribution in [3.63, 3.8) is 0 Å². The number of amides is 3. The highest BCUT2D eigenvalue weighted by Crippen LogP contribution is 2.69. The SMILES string of the molecule is Cc1ccc(N2C(=O)[C@H]3[C@H]4C[C@@H]([C@@H]3C2=O)[C@@H]2[C@H](c3cc(Br)ccc3OCC(=O)Nc3ccc(F)cc3)c3sc(=O)[nH]c3S[C@H]42)cc1. The van der Waals surface area contributed by atoms with Gasteiger partial charge in [0.1, 0.15) is 11.6 Å². The Balaban J connectivity index is 1.14. The molecular weight excluding hydrogens is 693 g/mol. The molecule has 3 amide bonds. The van der Waals surface area contributed by atoms with Gasteiger partial charge < -0.3 is 15.0 Å². The van der Waals surface area contributed by atoms with Gasteiger partial charge in [0, 0.05) is 31.8 Å². The molecule has 4 aromatic rings.